The van der Waals surface area contributed by atoms with Crippen LogP contribution in [0.1, 0.15) is 23.6 Å². The number of aryl methyl sites for hydroxylation is 1. The van der Waals surface area contributed by atoms with Gasteiger partial charge in [0.15, 0.2) is 5.96 Å². The van der Waals surface area contributed by atoms with Crippen LogP contribution >= 0.6 is 24.0 Å². The van der Waals surface area contributed by atoms with Gasteiger partial charge in [-0.25, -0.2) is 18.1 Å². The van der Waals surface area contributed by atoms with Crippen LogP contribution in [-0.4, -0.2) is 28.0 Å². The first-order valence-corrected chi connectivity index (χ1v) is 10.0. The Hall–Kier alpha value is -1.65. The summed E-state index contributed by atoms with van der Waals surface area (Å²) in [5, 5.41) is 6.55. The number of aliphatic imine (C=N–C) groups is 1. The standard InChI is InChI=1S/C19H26N4O2S.HI/c1-4-21-19(23-14-17-8-6-5-7-15(17)2)22-13-16-9-11-18(12-10-16)26(24,25)20-3;/h5-12,20H,4,13-14H2,1-3H3,(H2,21,22,23);1H. The molecule has 148 valence electrons. The number of halogens is 1. The van der Waals surface area contributed by atoms with Crippen LogP contribution in [0.4, 0.5) is 0 Å². The third kappa shape index (κ3) is 7.11. The van der Waals surface area contributed by atoms with E-state index in [1.165, 1.54) is 18.2 Å². The lowest BCUT2D eigenvalue weighted by atomic mass is 10.1. The smallest absolute Gasteiger partial charge is 0.240 e. The van der Waals surface area contributed by atoms with Crippen molar-refractivity contribution >= 4 is 40.0 Å². The Morgan fingerprint density at radius 1 is 1.04 bits per heavy atom. The van der Waals surface area contributed by atoms with E-state index in [1.807, 2.05) is 19.1 Å². The average molecular weight is 502 g/mol. The molecule has 6 nitrogen and oxygen atoms in total. The Labute approximate surface area is 178 Å². The number of benzene rings is 2. The summed E-state index contributed by atoms with van der Waals surface area (Å²) in [6.07, 6.45) is 0. The molecule has 0 saturated heterocycles. The molecule has 0 aliphatic rings. The van der Waals surface area contributed by atoms with E-state index in [0.717, 1.165) is 18.1 Å². The fourth-order valence-corrected chi connectivity index (χ4v) is 3.12. The van der Waals surface area contributed by atoms with E-state index in [0.29, 0.717) is 13.1 Å². The van der Waals surface area contributed by atoms with Crippen LogP contribution in [0.2, 0.25) is 0 Å². The summed E-state index contributed by atoms with van der Waals surface area (Å²) < 4.78 is 25.8. The van der Waals surface area contributed by atoms with Gasteiger partial charge in [-0.15, -0.1) is 24.0 Å². The number of hydrogen-bond acceptors (Lipinski definition) is 3. The summed E-state index contributed by atoms with van der Waals surface area (Å²) in [4.78, 5) is 4.82. The van der Waals surface area contributed by atoms with E-state index in [9.17, 15) is 8.42 Å². The van der Waals surface area contributed by atoms with Crippen molar-refractivity contribution in [3.63, 3.8) is 0 Å². The Bertz CT molecular complexity index is 852. The number of guanidine groups is 1. The molecule has 0 amide bonds. The van der Waals surface area contributed by atoms with Crippen LogP contribution in [0.25, 0.3) is 0 Å². The van der Waals surface area contributed by atoms with Gasteiger partial charge in [-0.2, -0.15) is 0 Å². The van der Waals surface area contributed by atoms with Crippen molar-refractivity contribution < 1.29 is 8.42 Å². The van der Waals surface area contributed by atoms with Gasteiger partial charge in [-0.3, -0.25) is 0 Å². The molecule has 8 heteroatoms. The topological polar surface area (TPSA) is 82.6 Å². The van der Waals surface area contributed by atoms with Gasteiger partial charge in [0.1, 0.15) is 0 Å². The second-order valence-corrected chi connectivity index (χ2v) is 7.71. The Balaban J connectivity index is 0.00000364. The molecule has 3 N–H and O–H groups in total. The van der Waals surface area contributed by atoms with Crippen molar-refractivity contribution in [1.29, 1.82) is 0 Å². The number of hydrogen-bond donors (Lipinski definition) is 3. The number of nitrogens with zero attached hydrogens (tertiary/aromatic N) is 1. The molecule has 0 bridgehead atoms. The van der Waals surface area contributed by atoms with E-state index in [-0.39, 0.29) is 28.9 Å². The van der Waals surface area contributed by atoms with E-state index in [1.54, 1.807) is 24.3 Å². The molecular formula is C19H27IN4O2S. The van der Waals surface area contributed by atoms with E-state index in [4.69, 9.17) is 0 Å². The van der Waals surface area contributed by atoms with E-state index >= 15 is 0 Å². The highest BCUT2D eigenvalue weighted by atomic mass is 127. The van der Waals surface area contributed by atoms with Crippen LogP contribution in [0.3, 0.4) is 0 Å². The molecule has 0 aromatic heterocycles. The lowest BCUT2D eigenvalue weighted by Gasteiger charge is -2.13. The van der Waals surface area contributed by atoms with Gasteiger partial charge in [-0.1, -0.05) is 36.4 Å². The quantitative estimate of drug-likeness (QED) is 0.309. The molecule has 2 aromatic carbocycles. The van der Waals surface area contributed by atoms with Crippen LogP contribution in [0.15, 0.2) is 58.4 Å². The van der Waals surface area contributed by atoms with Crippen molar-refractivity contribution in [3.8, 4) is 0 Å². The molecule has 0 spiro atoms. The maximum absolute atomic E-state index is 11.8. The number of rotatable bonds is 7. The monoisotopic (exact) mass is 502 g/mol. The molecule has 0 atom stereocenters. The second kappa shape index (κ2) is 11.3. The molecule has 0 unspecified atom stereocenters. The zero-order chi connectivity index (χ0) is 19.0. The van der Waals surface area contributed by atoms with Crippen LogP contribution < -0.4 is 15.4 Å². The molecule has 0 aliphatic carbocycles. The first-order valence-electron chi connectivity index (χ1n) is 8.55. The fraction of sp³-hybridized carbons (Fsp3) is 0.316. The molecule has 2 aromatic rings. The maximum Gasteiger partial charge on any atom is 0.240 e. The second-order valence-electron chi connectivity index (χ2n) is 5.83. The largest absolute Gasteiger partial charge is 0.357 e. The van der Waals surface area contributed by atoms with Gasteiger partial charge >= 0.3 is 0 Å². The van der Waals surface area contributed by atoms with Crippen molar-refractivity contribution in [2.75, 3.05) is 13.6 Å². The maximum atomic E-state index is 11.8. The van der Waals surface area contributed by atoms with Crippen molar-refractivity contribution in [1.82, 2.24) is 15.4 Å². The molecular weight excluding hydrogens is 475 g/mol. The van der Waals surface area contributed by atoms with Gasteiger partial charge in [0.25, 0.3) is 0 Å². The van der Waals surface area contributed by atoms with Gasteiger partial charge in [0.05, 0.1) is 11.4 Å². The summed E-state index contributed by atoms with van der Waals surface area (Å²) in [5.41, 5.74) is 3.39. The lowest BCUT2D eigenvalue weighted by molar-refractivity contribution is 0.588. The molecule has 2 rings (SSSR count). The summed E-state index contributed by atoms with van der Waals surface area (Å²) in [6, 6.07) is 14.9. The third-order valence-electron chi connectivity index (χ3n) is 3.97. The number of sulfonamides is 1. The number of nitrogens with one attached hydrogen (secondary N) is 3. The molecule has 27 heavy (non-hydrogen) atoms. The Morgan fingerprint density at radius 2 is 1.70 bits per heavy atom. The first-order chi connectivity index (χ1) is 12.5. The zero-order valence-corrected chi connectivity index (χ0v) is 19.0. The Morgan fingerprint density at radius 3 is 2.30 bits per heavy atom. The minimum atomic E-state index is -3.41. The fourth-order valence-electron chi connectivity index (χ4n) is 2.39. The highest BCUT2D eigenvalue weighted by molar-refractivity contribution is 14.0. The Kier molecular flexibility index (Phi) is 9.75. The molecule has 0 aliphatic heterocycles. The van der Waals surface area contributed by atoms with Crippen LogP contribution in [0.5, 0.6) is 0 Å². The summed E-state index contributed by atoms with van der Waals surface area (Å²) >= 11 is 0. The van der Waals surface area contributed by atoms with Gasteiger partial charge < -0.3 is 10.6 Å². The highest BCUT2D eigenvalue weighted by Crippen LogP contribution is 2.11. The van der Waals surface area contributed by atoms with Crippen LogP contribution in [0, 0.1) is 6.92 Å². The zero-order valence-electron chi connectivity index (χ0n) is 15.8. The molecule has 0 heterocycles. The highest BCUT2D eigenvalue weighted by Gasteiger charge is 2.10. The minimum Gasteiger partial charge on any atom is -0.357 e. The summed E-state index contributed by atoms with van der Waals surface area (Å²) in [5.74, 6) is 0.725. The van der Waals surface area contributed by atoms with Gasteiger partial charge in [0.2, 0.25) is 10.0 Å². The molecule has 0 radical (unpaired) electrons. The molecule has 0 fully saturated rings. The SMILES string of the molecule is CCNC(=NCc1ccc(S(=O)(=O)NC)cc1)NCc1ccccc1C.I. The third-order valence-corrected chi connectivity index (χ3v) is 5.40. The van der Waals surface area contributed by atoms with Crippen molar-refractivity contribution in [3.05, 3.63) is 65.2 Å². The van der Waals surface area contributed by atoms with Gasteiger partial charge in [0, 0.05) is 13.1 Å². The van der Waals surface area contributed by atoms with Crippen LogP contribution in [-0.2, 0) is 23.1 Å². The lowest BCUT2D eigenvalue weighted by Crippen LogP contribution is -2.36. The summed E-state index contributed by atoms with van der Waals surface area (Å²) in [6.45, 7) is 6.02. The normalized spacial score (nSPS) is 11.6. The minimum absolute atomic E-state index is 0. The van der Waals surface area contributed by atoms with E-state index < -0.39 is 10.0 Å². The van der Waals surface area contributed by atoms with Crippen molar-refractivity contribution in [2.24, 2.45) is 4.99 Å². The first kappa shape index (κ1) is 23.4. The van der Waals surface area contributed by atoms with E-state index in [2.05, 4.69) is 39.4 Å². The average Bonchev–Trinajstić information content (AvgIpc) is 2.65. The summed E-state index contributed by atoms with van der Waals surface area (Å²) in [7, 11) is -2.01. The predicted octanol–water partition coefficient (Wildman–Crippen LogP) is 2.78. The van der Waals surface area contributed by atoms with Gasteiger partial charge in [-0.05, 0) is 49.7 Å². The molecule has 0 saturated carbocycles. The van der Waals surface area contributed by atoms with Crippen molar-refractivity contribution in [2.45, 2.75) is 31.8 Å². The predicted molar refractivity (Wildman–Crippen MR) is 121 cm³/mol.